The van der Waals surface area contributed by atoms with E-state index < -0.39 is 7.26 Å². The molecule has 0 saturated carbocycles. The van der Waals surface area contributed by atoms with Gasteiger partial charge in [-0.15, -0.1) is 0 Å². The monoisotopic (exact) mass is 435 g/mol. The van der Waals surface area contributed by atoms with Gasteiger partial charge in [-0.2, -0.15) is 0 Å². The third kappa shape index (κ3) is 3.77. The molecule has 4 heteroatoms. The van der Waals surface area contributed by atoms with Crippen LogP contribution < -0.4 is 15.9 Å². The van der Waals surface area contributed by atoms with E-state index in [0.717, 1.165) is 23.4 Å². The van der Waals surface area contributed by atoms with Crippen LogP contribution in [0.5, 0.6) is 0 Å². The Bertz CT molecular complexity index is 1190. The van der Waals surface area contributed by atoms with E-state index in [1.165, 1.54) is 15.9 Å². The standard InChI is InChI=1S/C28H26N3P/c1-31-27(29-28(30-31)23-14-6-2-7-15-23)22-32(24-16-8-3-9-17-24,25-18-10-4-11-19-25)26-20-12-5-13-21-26/h2-21,32H,22H2,1H3. The summed E-state index contributed by atoms with van der Waals surface area (Å²) >= 11 is 0. The summed E-state index contributed by atoms with van der Waals surface area (Å²) < 4.78 is 1.96. The van der Waals surface area contributed by atoms with Crippen molar-refractivity contribution in [3.05, 3.63) is 127 Å². The van der Waals surface area contributed by atoms with E-state index in [2.05, 4.69) is 103 Å². The van der Waals surface area contributed by atoms with Gasteiger partial charge >= 0.3 is 190 Å². The summed E-state index contributed by atoms with van der Waals surface area (Å²) in [5.41, 5.74) is 1.04. The molecule has 0 aliphatic rings. The van der Waals surface area contributed by atoms with Gasteiger partial charge in [-0.25, -0.2) is 0 Å². The molecule has 0 unspecified atom stereocenters. The van der Waals surface area contributed by atoms with E-state index in [9.17, 15) is 0 Å². The van der Waals surface area contributed by atoms with Gasteiger partial charge in [-0.3, -0.25) is 0 Å². The molecule has 0 radical (unpaired) electrons. The molecule has 1 heterocycles. The molecule has 0 atom stereocenters. The number of benzene rings is 4. The number of rotatable bonds is 6. The Morgan fingerprint density at radius 3 is 1.44 bits per heavy atom. The number of aryl methyl sites for hydroxylation is 1. The first-order valence-corrected chi connectivity index (χ1v) is 13.1. The van der Waals surface area contributed by atoms with Crippen molar-refractivity contribution >= 4 is 23.2 Å². The van der Waals surface area contributed by atoms with Crippen LogP contribution in [0.3, 0.4) is 0 Å². The molecule has 5 rings (SSSR count). The van der Waals surface area contributed by atoms with Gasteiger partial charge in [0, 0.05) is 0 Å². The van der Waals surface area contributed by atoms with Crippen molar-refractivity contribution in [2.24, 2.45) is 7.05 Å². The Labute approximate surface area is 189 Å². The van der Waals surface area contributed by atoms with Gasteiger partial charge in [0.1, 0.15) is 0 Å². The zero-order valence-corrected chi connectivity index (χ0v) is 19.1. The molecule has 0 bridgehead atoms. The molecule has 1 aromatic heterocycles. The molecule has 0 amide bonds. The van der Waals surface area contributed by atoms with Gasteiger partial charge < -0.3 is 0 Å². The van der Waals surface area contributed by atoms with Crippen LogP contribution in [0.25, 0.3) is 11.4 Å². The number of nitrogens with zero attached hydrogens (tertiary/aromatic N) is 3. The zero-order chi connectivity index (χ0) is 21.8. The predicted octanol–water partition coefficient (Wildman–Crippen LogP) is 4.71. The zero-order valence-electron chi connectivity index (χ0n) is 18.1. The van der Waals surface area contributed by atoms with E-state index in [0.29, 0.717) is 0 Å². The van der Waals surface area contributed by atoms with Crippen LogP contribution in [0, 0.1) is 0 Å². The molecule has 0 aliphatic heterocycles. The quantitative estimate of drug-likeness (QED) is 0.362. The number of hydrogen-bond donors (Lipinski definition) is 0. The summed E-state index contributed by atoms with van der Waals surface area (Å²) in [5.74, 6) is 1.78. The van der Waals surface area contributed by atoms with Gasteiger partial charge in [-0.1, -0.05) is 0 Å². The average molecular weight is 436 g/mol. The topological polar surface area (TPSA) is 30.7 Å². The second-order valence-electron chi connectivity index (χ2n) is 8.02. The Morgan fingerprint density at radius 1 is 0.594 bits per heavy atom. The van der Waals surface area contributed by atoms with Crippen molar-refractivity contribution < 1.29 is 0 Å². The molecular formula is C28H26N3P. The minimum absolute atomic E-state index is 0.778. The third-order valence-electron chi connectivity index (χ3n) is 6.11. The van der Waals surface area contributed by atoms with Crippen LogP contribution >= 0.6 is 7.26 Å². The Morgan fingerprint density at radius 2 is 1.00 bits per heavy atom. The fourth-order valence-corrected chi connectivity index (χ4v) is 9.17. The first kappa shape index (κ1) is 20.4. The third-order valence-corrected chi connectivity index (χ3v) is 10.9. The maximum atomic E-state index is 5.03. The van der Waals surface area contributed by atoms with E-state index >= 15 is 0 Å². The summed E-state index contributed by atoms with van der Waals surface area (Å²) in [4.78, 5) is 5.03. The molecule has 158 valence electrons. The maximum absolute atomic E-state index is 5.03. The SMILES string of the molecule is Cn1nc(-c2ccccc2)nc1C[PH](c1ccccc1)(c1ccccc1)c1ccccc1. The minimum atomic E-state index is -2.41. The van der Waals surface area contributed by atoms with E-state index in [4.69, 9.17) is 10.1 Å². The van der Waals surface area contributed by atoms with Gasteiger partial charge in [-0.05, 0) is 0 Å². The van der Waals surface area contributed by atoms with Crippen LogP contribution in [0.1, 0.15) is 5.82 Å². The summed E-state index contributed by atoms with van der Waals surface area (Å²) in [6.07, 6.45) is 0.835. The molecule has 0 saturated heterocycles. The van der Waals surface area contributed by atoms with E-state index in [1.54, 1.807) is 0 Å². The average Bonchev–Trinajstić information content (AvgIpc) is 3.24. The normalized spacial score (nSPS) is 11.9. The van der Waals surface area contributed by atoms with E-state index in [1.807, 2.05) is 29.9 Å². The fraction of sp³-hybridized carbons (Fsp3) is 0.0714. The molecular weight excluding hydrogens is 409 g/mol. The molecule has 5 aromatic rings. The molecule has 3 nitrogen and oxygen atoms in total. The van der Waals surface area contributed by atoms with Crippen LogP contribution in [0.15, 0.2) is 121 Å². The molecule has 0 fully saturated rings. The Balaban J connectivity index is 1.72. The first-order chi connectivity index (χ1) is 15.8. The van der Waals surface area contributed by atoms with Crippen LogP contribution in [-0.2, 0) is 13.2 Å². The molecule has 4 aromatic carbocycles. The Hall–Kier alpha value is -3.55. The number of aromatic nitrogens is 3. The number of hydrogen-bond acceptors (Lipinski definition) is 2. The Kier molecular flexibility index (Phi) is 5.66. The van der Waals surface area contributed by atoms with Crippen LogP contribution in [0.2, 0.25) is 0 Å². The molecule has 0 spiro atoms. The first-order valence-electron chi connectivity index (χ1n) is 10.9. The van der Waals surface area contributed by atoms with Gasteiger partial charge in [0.2, 0.25) is 0 Å². The van der Waals surface area contributed by atoms with Crippen molar-refractivity contribution in [2.75, 3.05) is 0 Å². The predicted molar refractivity (Wildman–Crippen MR) is 137 cm³/mol. The summed E-state index contributed by atoms with van der Waals surface area (Å²) in [5, 5.41) is 8.90. The summed E-state index contributed by atoms with van der Waals surface area (Å²) in [7, 11) is -0.398. The van der Waals surface area contributed by atoms with Gasteiger partial charge in [0.05, 0.1) is 0 Å². The van der Waals surface area contributed by atoms with Crippen molar-refractivity contribution in [3.8, 4) is 11.4 Å². The summed E-state index contributed by atoms with van der Waals surface area (Å²) in [6, 6.07) is 43.0. The van der Waals surface area contributed by atoms with Crippen molar-refractivity contribution in [1.82, 2.24) is 14.8 Å². The van der Waals surface area contributed by atoms with Gasteiger partial charge in [0.15, 0.2) is 0 Å². The summed E-state index contributed by atoms with van der Waals surface area (Å²) in [6.45, 7) is 0. The molecule has 0 N–H and O–H groups in total. The van der Waals surface area contributed by atoms with Crippen LogP contribution in [0.4, 0.5) is 0 Å². The second-order valence-corrected chi connectivity index (χ2v) is 11.9. The van der Waals surface area contributed by atoms with Gasteiger partial charge in [0.25, 0.3) is 0 Å². The fourth-order valence-electron chi connectivity index (χ4n) is 4.49. The van der Waals surface area contributed by atoms with Crippen molar-refractivity contribution in [3.63, 3.8) is 0 Å². The molecule has 32 heavy (non-hydrogen) atoms. The van der Waals surface area contributed by atoms with Crippen LogP contribution in [-0.4, -0.2) is 14.8 Å². The second kappa shape index (κ2) is 8.90. The van der Waals surface area contributed by atoms with Crippen molar-refractivity contribution in [2.45, 2.75) is 6.16 Å². The van der Waals surface area contributed by atoms with E-state index in [-0.39, 0.29) is 0 Å². The molecule has 0 aliphatic carbocycles. The van der Waals surface area contributed by atoms with Crippen molar-refractivity contribution in [1.29, 1.82) is 0 Å².